The van der Waals surface area contributed by atoms with Gasteiger partial charge < -0.3 is 20.5 Å². The van der Waals surface area contributed by atoms with E-state index < -0.39 is 12.0 Å². The van der Waals surface area contributed by atoms with Crippen LogP contribution in [0.2, 0.25) is 0 Å². The number of carbonyl (C=O) groups excluding carboxylic acids is 1. The highest BCUT2D eigenvalue weighted by Gasteiger charge is 2.05. The highest BCUT2D eigenvalue weighted by atomic mass is 16.5. The Morgan fingerprint density at radius 2 is 2.30 bits per heavy atom. The Kier molecular flexibility index (Phi) is 6.24. The smallest absolute Gasteiger partial charge is 0.325 e. The molecule has 0 aliphatic rings. The van der Waals surface area contributed by atoms with Gasteiger partial charge in [0.25, 0.3) is 0 Å². The van der Waals surface area contributed by atoms with Gasteiger partial charge in [-0.25, -0.2) is 4.79 Å². The van der Waals surface area contributed by atoms with Crippen molar-refractivity contribution in [2.45, 2.75) is 13.5 Å². The minimum Gasteiger partial charge on any atom is -0.480 e. The third kappa shape index (κ3) is 6.55. The number of nitrogens with zero attached hydrogens (tertiary/aromatic N) is 2. The van der Waals surface area contributed by atoms with E-state index in [2.05, 4.69) is 22.3 Å². The zero-order chi connectivity index (χ0) is 15.0. The molecule has 1 aromatic rings. The van der Waals surface area contributed by atoms with Crippen LogP contribution in [0, 0.1) is 0 Å². The number of urea groups is 1. The molecule has 1 rings (SSSR count). The molecule has 1 heterocycles. The molecule has 20 heavy (non-hydrogen) atoms. The molecule has 0 atom stereocenters. The number of amides is 2. The molecular weight excluding hydrogens is 264 g/mol. The van der Waals surface area contributed by atoms with Crippen molar-refractivity contribution in [1.29, 1.82) is 0 Å². The molecule has 0 aliphatic carbocycles. The van der Waals surface area contributed by atoms with Crippen LogP contribution >= 0.6 is 0 Å². The summed E-state index contributed by atoms with van der Waals surface area (Å²) in [4.78, 5) is 22.0. The van der Waals surface area contributed by atoms with Gasteiger partial charge in [0, 0.05) is 12.7 Å². The lowest BCUT2D eigenvalue weighted by Gasteiger charge is -2.06. The van der Waals surface area contributed by atoms with Crippen LogP contribution in [-0.2, 0) is 16.1 Å². The molecule has 1 aromatic heterocycles. The van der Waals surface area contributed by atoms with Crippen molar-refractivity contribution in [2.24, 2.45) is 0 Å². The lowest BCUT2D eigenvalue weighted by atomic mass is 10.4. The number of carboxylic acids is 1. The van der Waals surface area contributed by atoms with E-state index >= 15 is 0 Å². The van der Waals surface area contributed by atoms with Crippen molar-refractivity contribution < 1.29 is 19.4 Å². The number of ether oxygens (including phenoxy) is 1. The van der Waals surface area contributed by atoms with Gasteiger partial charge in [-0.05, 0) is 6.92 Å². The summed E-state index contributed by atoms with van der Waals surface area (Å²) < 4.78 is 6.44. The van der Waals surface area contributed by atoms with Crippen molar-refractivity contribution in [3.05, 3.63) is 24.5 Å². The van der Waals surface area contributed by atoms with Gasteiger partial charge >= 0.3 is 12.0 Å². The van der Waals surface area contributed by atoms with E-state index in [-0.39, 0.29) is 6.54 Å². The fourth-order valence-electron chi connectivity index (χ4n) is 1.31. The summed E-state index contributed by atoms with van der Waals surface area (Å²) in [5, 5.41) is 17.5. The van der Waals surface area contributed by atoms with E-state index in [1.165, 1.54) is 17.1 Å². The molecule has 2 amide bonds. The zero-order valence-corrected chi connectivity index (χ0v) is 11.3. The Bertz CT molecular complexity index is 484. The standard InChI is InChI=1S/C12H18N4O4/c1-9(2)8-20-4-3-13-12(19)15-10-5-14-16(6-10)7-11(17)18/h5-6H,1,3-4,7-8H2,2H3,(H,17,18)(H2,13,15,19). The second kappa shape index (κ2) is 7.95. The first-order valence-electron chi connectivity index (χ1n) is 5.98. The predicted molar refractivity (Wildman–Crippen MR) is 72.5 cm³/mol. The van der Waals surface area contributed by atoms with Gasteiger partial charge in [-0.15, -0.1) is 0 Å². The van der Waals surface area contributed by atoms with Gasteiger partial charge in [0.1, 0.15) is 6.54 Å². The first kappa shape index (κ1) is 15.7. The van der Waals surface area contributed by atoms with Crippen molar-refractivity contribution in [1.82, 2.24) is 15.1 Å². The third-order valence-corrected chi connectivity index (χ3v) is 2.07. The Morgan fingerprint density at radius 1 is 1.55 bits per heavy atom. The summed E-state index contributed by atoms with van der Waals surface area (Å²) in [5.74, 6) is -1.00. The topological polar surface area (TPSA) is 105 Å². The number of anilines is 1. The quantitative estimate of drug-likeness (QED) is 0.480. The highest BCUT2D eigenvalue weighted by Crippen LogP contribution is 2.04. The Labute approximate surface area is 116 Å². The van der Waals surface area contributed by atoms with Crippen LogP contribution in [0.15, 0.2) is 24.5 Å². The Morgan fingerprint density at radius 3 is 2.95 bits per heavy atom. The molecule has 110 valence electrons. The van der Waals surface area contributed by atoms with Crippen LogP contribution in [0.4, 0.5) is 10.5 Å². The van der Waals surface area contributed by atoms with E-state index in [9.17, 15) is 9.59 Å². The summed E-state index contributed by atoms with van der Waals surface area (Å²) >= 11 is 0. The maximum Gasteiger partial charge on any atom is 0.325 e. The summed E-state index contributed by atoms with van der Waals surface area (Å²) in [6, 6.07) is -0.404. The molecule has 0 aromatic carbocycles. The van der Waals surface area contributed by atoms with Gasteiger partial charge in [-0.2, -0.15) is 5.10 Å². The van der Waals surface area contributed by atoms with Gasteiger partial charge in [-0.1, -0.05) is 12.2 Å². The minimum atomic E-state index is -1.00. The van der Waals surface area contributed by atoms with E-state index in [1.54, 1.807) is 0 Å². The van der Waals surface area contributed by atoms with Gasteiger partial charge in [0.2, 0.25) is 0 Å². The lowest BCUT2D eigenvalue weighted by Crippen LogP contribution is -2.31. The van der Waals surface area contributed by atoms with Crippen LogP contribution < -0.4 is 10.6 Å². The fourth-order valence-corrected chi connectivity index (χ4v) is 1.31. The van der Waals surface area contributed by atoms with Gasteiger partial charge in [-0.3, -0.25) is 9.48 Å². The third-order valence-electron chi connectivity index (χ3n) is 2.07. The molecule has 0 unspecified atom stereocenters. The number of carbonyl (C=O) groups is 2. The normalized spacial score (nSPS) is 10.1. The summed E-state index contributed by atoms with van der Waals surface area (Å²) in [5.41, 5.74) is 1.34. The molecule has 0 saturated carbocycles. The first-order valence-corrected chi connectivity index (χ1v) is 5.98. The largest absolute Gasteiger partial charge is 0.480 e. The zero-order valence-electron chi connectivity index (χ0n) is 11.3. The maximum absolute atomic E-state index is 11.5. The molecule has 0 fully saturated rings. The molecule has 8 heteroatoms. The van der Waals surface area contributed by atoms with Crippen molar-refractivity contribution in [3.8, 4) is 0 Å². The summed E-state index contributed by atoms with van der Waals surface area (Å²) in [7, 11) is 0. The van der Waals surface area contributed by atoms with Crippen LogP contribution in [-0.4, -0.2) is 46.6 Å². The second-order valence-electron chi connectivity index (χ2n) is 4.21. The molecule has 3 N–H and O–H groups in total. The minimum absolute atomic E-state index is 0.252. The molecule has 0 radical (unpaired) electrons. The molecule has 0 saturated heterocycles. The summed E-state index contributed by atoms with van der Waals surface area (Å²) in [6.45, 7) is 6.51. The van der Waals surface area contributed by atoms with E-state index in [0.29, 0.717) is 25.4 Å². The highest BCUT2D eigenvalue weighted by molar-refractivity contribution is 5.88. The Balaban J connectivity index is 2.23. The second-order valence-corrected chi connectivity index (χ2v) is 4.21. The molecule has 0 spiro atoms. The number of aliphatic carboxylic acids is 1. The summed E-state index contributed by atoms with van der Waals surface area (Å²) in [6.07, 6.45) is 2.81. The fraction of sp³-hybridized carbons (Fsp3) is 0.417. The SMILES string of the molecule is C=C(C)COCCNC(=O)Nc1cnn(CC(=O)O)c1. The number of aromatic nitrogens is 2. The monoisotopic (exact) mass is 282 g/mol. The predicted octanol–water partition coefficient (Wildman–Crippen LogP) is 0.682. The number of hydrogen-bond donors (Lipinski definition) is 3. The van der Waals surface area contributed by atoms with Crippen LogP contribution in [0.3, 0.4) is 0 Å². The van der Waals surface area contributed by atoms with E-state index in [0.717, 1.165) is 5.57 Å². The molecule has 0 aliphatic heterocycles. The molecular formula is C12H18N4O4. The van der Waals surface area contributed by atoms with E-state index in [1.807, 2.05) is 6.92 Å². The Hall–Kier alpha value is -2.35. The lowest BCUT2D eigenvalue weighted by molar-refractivity contribution is -0.137. The van der Waals surface area contributed by atoms with Crippen molar-refractivity contribution >= 4 is 17.7 Å². The average molecular weight is 282 g/mol. The first-order chi connectivity index (χ1) is 9.47. The maximum atomic E-state index is 11.5. The number of carboxylic acid groups (broad SMARTS) is 1. The number of hydrogen-bond acceptors (Lipinski definition) is 4. The van der Waals surface area contributed by atoms with Gasteiger partial charge in [0.15, 0.2) is 0 Å². The van der Waals surface area contributed by atoms with Crippen molar-refractivity contribution in [2.75, 3.05) is 25.1 Å². The average Bonchev–Trinajstić information content (AvgIpc) is 2.74. The van der Waals surface area contributed by atoms with Gasteiger partial charge in [0.05, 0.1) is 25.1 Å². The number of rotatable bonds is 8. The van der Waals surface area contributed by atoms with Crippen LogP contribution in [0.1, 0.15) is 6.92 Å². The van der Waals surface area contributed by atoms with E-state index in [4.69, 9.17) is 9.84 Å². The molecule has 8 nitrogen and oxygen atoms in total. The molecule has 0 bridgehead atoms. The number of nitrogens with one attached hydrogen (secondary N) is 2. The van der Waals surface area contributed by atoms with Crippen LogP contribution in [0.25, 0.3) is 0 Å². The van der Waals surface area contributed by atoms with Crippen molar-refractivity contribution in [3.63, 3.8) is 0 Å². The van der Waals surface area contributed by atoms with Crippen LogP contribution in [0.5, 0.6) is 0 Å².